The monoisotopic (exact) mass is 374 g/mol. The predicted octanol–water partition coefficient (Wildman–Crippen LogP) is 4.08. The largest absolute Gasteiger partial charge is 0.416 e. The van der Waals surface area contributed by atoms with Crippen LogP contribution in [0.1, 0.15) is 22.4 Å². The molecule has 0 bridgehead atoms. The summed E-state index contributed by atoms with van der Waals surface area (Å²) in [4.78, 5) is 23.2. The first-order chi connectivity index (χ1) is 12.7. The van der Waals surface area contributed by atoms with Crippen LogP contribution >= 0.6 is 0 Å². The van der Waals surface area contributed by atoms with Gasteiger partial charge in [0.05, 0.1) is 5.56 Å². The summed E-state index contributed by atoms with van der Waals surface area (Å²) in [5.41, 5.74) is 1.72. The predicted molar refractivity (Wildman–Crippen MR) is 96.3 cm³/mol. The number of aromatic amines is 1. The second kappa shape index (κ2) is 7.22. The van der Waals surface area contributed by atoms with Crippen LogP contribution in [0.15, 0.2) is 47.4 Å². The summed E-state index contributed by atoms with van der Waals surface area (Å²) in [6, 6.07) is 8.43. The minimum Gasteiger partial charge on any atom is -0.366 e. The zero-order chi connectivity index (χ0) is 19.6. The first kappa shape index (κ1) is 18.6. The van der Waals surface area contributed by atoms with E-state index in [1.807, 2.05) is 0 Å². The molecule has 0 unspecified atom stereocenters. The number of alkyl halides is 3. The Hall–Kier alpha value is -3.16. The molecule has 27 heavy (non-hydrogen) atoms. The number of nitrogens with one attached hydrogen (secondary N) is 2. The maximum Gasteiger partial charge on any atom is 0.416 e. The number of rotatable bonds is 4. The Balaban J connectivity index is 1.68. The number of halogens is 3. The minimum absolute atomic E-state index is 0.193. The number of aromatic nitrogens is 3. The number of anilines is 1. The van der Waals surface area contributed by atoms with E-state index in [9.17, 15) is 18.0 Å². The number of benzene rings is 1. The van der Waals surface area contributed by atoms with Gasteiger partial charge in [-0.15, -0.1) is 0 Å². The van der Waals surface area contributed by atoms with Crippen molar-refractivity contribution >= 4 is 5.82 Å². The van der Waals surface area contributed by atoms with Gasteiger partial charge in [-0.2, -0.15) is 13.2 Å². The third-order valence-corrected chi connectivity index (χ3v) is 4.19. The average Bonchev–Trinajstić information content (AvgIpc) is 2.64. The molecule has 2 N–H and O–H groups in total. The van der Waals surface area contributed by atoms with Crippen molar-refractivity contribution in [2.45, 2.75) is 26.6 Å². The number of pyridine rings is 1. The zero-order valence-corrected chi connectivity index (χ0v) is 14.7. The molecule has 0 aliphatic rings. The van der Waals surface area contributed by atoms with Gasteiger partial charge in [0.1, 0.15) is 11.6 Å². The van der Waals surface area contributed by atoms with Crippen LogP contribution in [0.4, 0.5) is 19.0 Å². The Morgan fingerprint density at radius 2 is 1.78 bits per heavy atom. The molecule has 0 saturated carbocycles. The molecule has 8 heteroatoms. The topological polar surface area (TPSA) is 70.7 Å². The standard InChI is InChI=1S/C19H17F3N4O/c1-11-12(2)25-17(26-18(11)27)14-5-8-16(24-10-14)23-9-13-3-6-15(7-4-13)19(20,21)22/h3-8,10H,9H2,1-2H3,(H,23,24)(H,25,26,27). The van der Waals surface area contributed by atoms with Gasteiger partial charge in [-0.1, -0.05) is 12.1 Å². The van der Waals surface area contributed by atoms with Gasteiger partial charge < -0.3 is 10.3 Å². The molecule has 2 aromatic heterocycles. The third-order valence-electron chi connectivity index (χ3n) is 4.19. The van der Waals surface area contributed by atoms with Crippen molar-refractivity contribution in [3.63, 3.8) is 0 Å². The van der Waals surface area contributed by atoms with Gasteiger partial charge in [-0.25, -0.2) is 9.97 Å². The van der Waals surface area contributed by atoms with Crippen LogP contribution in [0.2, 0.25) is 0 Å². The molecule has 0 aliphatic heterocycles. The van der Waals surface area contributed by atoms with E-state index in [1.165, 1.54) is 12.1 Å². The number of aryl methyl sites for hydroxylation is 1. The normalized spacial score (nSPS) is 11.4. The number of hydrogen-bond acceptors (Lipinski definition) is 4. The minimum atomic E-state index is -4.34. The van der Waals surface area contributed by atoms with E-state index in [2.05, 4.69) is 20.3 Å². The molecule has 3 rings (SSSR count). The number of nitrogens with zero attached hydrogens (tertiary/aromatic N) is 2. The lowest BCUT2D eigenvalue weighted by atomic mass is 10.1. The molecule has 0 saturated heterocycles. The Morgan fingerprint density at radius 1 is 1.07 bits per heavy atom. The Morgan fingerprint density at radius 3 is 2.33 bits per heavy atom. The summed E-state index contributed by atoms with van der Waals surface area (Å²) >= 11 is 0. The molecule has 5 nitrogen and oxygen atoms in total. The molecule has 0 fully saturated rings. The number of H-pyrrole nitrogens is 1. The van der Waals surface area contributed by atoms with Gasteiger partial charge in [-0.05, 0) is 43.7 Å². The van der Waals surface area contributed by atoms with Crippen molar-refractivity contribution in [3.8, 4) is 11.4 Å². The van der Waals surface area contributed by atoms with Gasteiger partial charge >= 0.3 is 6.18 Å². The van der Waals surface area contributed by atoms with Crippen molar-refractivity contribution in [2.75, 3.05) is 5.32 Å². The quantitative estimate of drug-likeness (QED) is 0.722. The highest BCUT2D eigenvalue weighted by Gasteiger charge is 2.29. The molecule has 3 aromatic rings. The van der Waals surface area contributed by atoms with Crippen molar-refractivity contribution in [2.24, 2.45) is 0 Å². The fourth-order valence-electron chi connectivity index (χ4n) is 2.42. The highest BCUT2D eigenvalue weighted by atomic mass is 19.4. The highest BCUT2D eigenvalue weighted by molar-refractivity contribution is 5.56. The Labute approximate surface area is 153 Å². The fourth-order valence-corrected chi connectivity index (χ4v) is 2.42. The molecule has 0 radical (unpaired) electrons. The molecule has 0 amide bonds. The molecule has 140 valence electrons. The SMILES string of the molecule is Cc1nc(-c2ccc(NCc3ccc(C(F)(F)F)cc3)nc2)[nH]c(=O)c1C. The van der Waals surface area contributed by atoms with Crippen LogP contribution in [-0.4, -0.2) is 15.0 Å². The van der Waals surface area contributed by atoms with Crippen LogP contribution in [0.5, 0.6) is 0 Å². The van der Waals surface area contributed by atoms with Crippen LogP contribution in [-0.2, 0) is 12.7 Å². The first-order valence-electron chi connectivity index (χ1n) is 8.18. The third kappa shape index (κ3) is 4.33. The summed E-state index contributed by atoms with van der Waals surface area (Å²) < 4.78 is 37.7. The molecular formula is C19H17F3N4O. The first-order valence-corrected chi connectivity index (χ1v) is 8.18. The summed E-state index contributed by atoms with van der Waals surface area (Å²) in [6.07, 6.45) is -2.77. The molecule has 0 aliphatic carbocycles. The van der Waals surface area contributed by atoms with Gasteiger partial charge in [0, 0.05) is 29.6 Å². The second-order valence-corrected chi connectivity index (χ2v) is 6.11. The van der Waals surface area contributed by atoms with E-state index in [0.29, 0.717) is 40.6 Å². The average molecular weight is 374 g/mol. The Bertz CT molecular complexity index is 993. The summed E-state index contributed by atoms with van der Waals surface area (Å²) in [5.74, 6) is 0.995. The maximum absolute atomic E-state index is 12.6. The molecule has 0 atom stereocenters. The van der Waals surface area contributed by atoms with E-state index in [0.717, 1.165) is 12.1 Å². The second-order valence-electron chi connectivity index (χ2n) is 6.11. The smallest absolute Gasteiger partial charge is 0.366 e. The van der Waals surface area contributed by atoms with E-state index in [4.69, 9.17) is 0 Å². The molecule has 1 aromatic carbocycles. The molecule has 0 spiro atoms. The summed E-state index contributed by atoms with van der Waals surface area (Å²) in [6.45, 7) is 3.81. The molecular weight excluding hydrogens is 357 g/mol. The van der Waals surface area contributed by atoms with Gasteiger partial charge in [0.2, 0.25) is 0 Å². The van der Waals surface area contributed by atoms with E-state index in [1.54, 1.807) is 32.2 Å². The van der Waals surface area contributed by atoms with Crippen LogP contribution in [0.25, 0.3) is 11.4 Å². The lowest BCUT2D eigenvalue weighted by Gasteiger charge is -2.09. The van der Waals surface area contributed by atoms with Gasteiger partial charge in [0.25, 0.3) is 5.56 Å². The van der Waals surface area contributed by atoms with Gasteiger partial charge in [0.15, 0.2) is 0 Å². The van der Waals surface area contributed by atoms with Crippen molar-refractivity contribution in [3.05, 3.63) is 75.3 Å². The Kier molecular flexibility index (Phi) is 4.98. The lowest BCUT2D eigenvalue weighted by Crippen LogP contribution is -2.14. The summed E-state index contributed by atoms with van der Waals surface area (Å²) in [5, 5.41) is 3.04. The summed E-state index contributed by atoms with van der Waals surface area (Å²) in [7, 11) is 0. The lowest BCUT2D eigenvalue weighted by molar-refractivity contribution is -0.137. The number of hydrogen-bond donors (Lipinski definition) is 2. The van der Waals surface area contributed by atoms with E-state index < -0.39 is 11.7 Å². The van der Waals surface area contributed by atoms with Gasteiger partial charge in [-0.3, -0.25) is 4.79 Å². The van der Waals surface area contributed by atoms with Crippen molar-refractivity contribution < 1.29 is 13.2 Å². The zero-order valence-electron chi connectivity index (χ0n) is 14.7. The van der Waals surface area contributed by atoms with E-state index >= 15 is 0 Å². The van der Waals surface area contributed by atoms with Crippen LogP contribution < -0.4 is 10.9 Å². The fraction of sp³-hybridized carbons (Fsp3) is 0.211. The van der Waals surface area contributed by atoms with Crippen molar-refractivity contribution in [1.82, 2.24) is 15.0 Å². The van der Waals surface area contributed by atoms with Crippen LogP contribution in [0, 0.1) is 13.8 Å². The van der Waals surface area contributed by atoms with Crippen molar-refractivity contribution in [1.29, 1.82) is 0 Å². The van der Waals surface area contributed by atoms with Crippen LogP contribution in [0.3, 0.4) is 0 Å². The molecule has 2 heterocycles. The maximum atomic E-state index is 12.6. The highest BCUT2D eigenvalue weighted by Crippen LogP contribution is 2.29. The van der Waals surface area contributed by atoms with E-state index in [-0.39, 0.29) is 5.56 Å².